The normalized spacial score (nSPS) is 17.5. The molecule has 1 aliphatic rings. The van der Waals surface area contributed by atoms with Crippen molar-refractivity contribution in [2.45, 2.75) is 39.8 Å². The molecular formula is C18H25N3O2. The van der Waals surface area contributed by atoms with E-state index in [1.54, 1.807) is 7.11 Å². The summed E-state index contributed by atoms with van der Waals surface area (Å²) in [6.45, 7) is 8.80. The first kappa shape index (κ1) is 16.0. The third-order valence-electron chi connectivity index (χ3n) is 4.25. The Kier molecular flexibility index (Phi) is 4.39. The van der Waals surface area contributed by atoms with Crippen LogP contribution in [0, 0.1) is 5.41 Å². The van der Waals surface area contributed by atoms with Gasteiger partial charge >= 0.3 is 0 Å². The number of benzene rings is 1. The van der Waals surface area contributed by atoms with E-state index >= 15 is 0 Å². The summed E-state index contributed by atoms with van der Waals surface area (Å²) in [6.07, 6.45) is 2.83. The number of hydrogen-bond acceptors (Lipinski definition) is 4. The number of fused-ring (bicyclic) bond motifs is 3. The van der Waals surface area contributed by atoms with Gasteiger partial charge in [0.1, 0.15) is 11.3 Å². The summed E-state index contributed by atoms with van der Waals surface area (Å²) < 4.78 is 13.0. The average molecular weight is 315 g/mol. The number of methoxy groups -OCH3 is 1. The second-order valence-electron chi connectivity index (χ2n) is 7.07. The lowest BCUT2D eigenvalue weighted by atomic mass is 9.86. The monoisotopic (exact) mass is 315 g/mol. The van der Waals surface area contributed by atoms with E-state index in [9.17, 15) is 0 Å². The second kappa shape index (κ2) is 6.32. The van der Waals surface area contributed by atoms with Gasteiger partial charge in [0.25, 0.3) is 0 Å². The highest BCUT2D eigenvalue weighted by Gasteiger charge is 2.28. The molecule has 1 aromatic heterocycles. The Hall–Kier alpha value is -1.88. The molecule has 3 rings (SSSR count). The van der Waals surface area contributed by atoms with E-state index in [0.29, 0.717) is 13.2 Å². The molecule has 0 amide bonds. The molecule has 0 N–H and O–H groups in total. The first-order valence-electron chi connectivity index (χ1n) is 8.15. The molecule has 0 unspecified atom stereocenters. The lowest BCUT2D eigenvalue weighted by Gasteiger charge is -2.29. The average Bonchev–Trinajstić information content (AvgIpc) is 2.89. The fourth-order valence-electron chi connectivity index (χ4n) is 2.79. The molecule has 1 aliphatic heterocycles. The van der Waals surface area contributed by atoms with Crippen molar-refractivity contribution in [1.82, 2.24) is 9.78 Å². The summed E-state index contributed by atoms with van der Waals surface area (Å²) in [4.78, 5) is 4.74. The minimum Gasteiger partial charge on any atom is -0.491 e. The Morgan fingerprint density at radius 3 is 2.83 bits per heavy atom. The molecule has 1 atom stereocenters. The van der Waals surface area contributed by atoms with Gasteiger partial charge < -0.3 is 9.47 Å². The van der Waals surface area contributed by atoms with Gasteiger partial charge in [-0.1, -0.05) is 32.9 Å². The highest BCUT2D eigenvalue weighted by molar-refractivity contribution is 5.99. The van der Waals surface area contributed by atoms with Gasteiger partial charge in [0.2, 0.25) is 0 Å². The molecule has 0 fully saturated rings. The molecule has 0 radical (unpaired) electrons. The highest BCUT2D eigenvalue weighted by atomic mass is 16.5. The summed E-state index contributed by atoms with van der Waals surface area (Å²) in [5.41, 5.74) is 2.12. The second-order valence-corrected chi connectivity index (χ2v) is 7.07. The maximum Gasteiger partial charge on any atom is 0.147 e. The number of ether oxygens (including phenoxy) is 2. The number of aliphatic imine (C=N–C) groups is 1. The van der Waals surface area contributed by atoms with Gasteiger partial charge in [0.05, 0.1) is 24.9 Å². The van der Waals surface area contributed by atoms with Gasteiger partial charge in [-0.15, -0.1) is 0 Å². The topological polar surface area (TPSA) is 48.6 Å². The van der Waals surface area contributed by atoms with Crippen molar-refractivity contribution in [3.05, 3.63) is 23.9 Å². The summed E-state index contributed by atoms with van der Waals surface area (Å²) in [5.74, 6) is 0.834. The van der Waals surface area contributed by atoms with Gasteiger partial charge in [0.15, 0.2) is 0 Å². The van der Waals surface area contributed by atoms with E-state index < -0.39 is 0 Å². The van der Waals surface area contributed by atoms with Crippen molar-refractivity contribution in [1.29, 1.82) is 0 Å². The Morgan fingerprint density at radius 1 is 1.26 bits per heavy atom. The van der Waals surface area contributed by atoms with Crippen LogP contribution in [0.1, 0.15) is 32.9 Å². The molecule has 0 saturated carbocycles. The van der Waals surface area contributed by atoms with Crippen molar-refractivity contribution in [3.8, 4) is 5.75 Å². The number of nitrogens with zero attached hydrogens (tertiary/aromatic N) is 3. The Labute approximate surface area is 137 Å². The van der Waals surface area contributed by atoms with Gasteiger partial charge in [-0.05, 0) is 11.5 Å². The molecule has 23 heavy (non-hydrogen) atoms. The fraction of sp³-hybridized carbons (Fsp3) is 0.556. The standard InChI is InChI=1S/C18H25N3O2/c1-18(2,3)16-12-21-14(11-19-16)13-7-5-8-15(17(13)20-21)23-10-6-9-22-4/h5,7-8,11,16H,6,9-10,12H2,1-4H3/t16-/m0/s1. The van der Waals surface area contributed by atoms with Gasteiger partial charge in [-0.25, -0.2) is 0 Å². The fourth-order valence-corrected chi connectivity index (χ4v) is 2.79. The third-order valence-corrected chi connectivity index (χ3v) is 4.25. The van der Waals surface area contributed by atoms with Crippen LogP contribution in [0.15, 0.2) is 23.2 Å². The Bertz CT molecular complexity index is 713. The largest absolute Gasteiger partial charge is 0.491 e. The molecule has 5 nitrogen and oxygen atoms in total. The van der Waals surface area contributed by atoms with Crippen LogP contribution in [0.4, 0.5) is 0 Å². The van der Waals surface area contributed by atoms with Crippen molar-refractivity contribution in [2.24, 2.45) is 10.4 Å². The zero-order valence-corrected chi connectivity index (χ0v) is 14.4. The van der Waals surface area contributed by atoms with Gasteiger partial charge in [-0.3, -0.25) is 9.67 Å². The molecule has 2 aromatic rings. The molecule has 2 heterocycles. The predicted octanol–water partition coefficient (Wildman–Crippen LogP) is 3.30. The number of rotatable bonds is 5. The third kappa shape index (κ3) is 3.24. The zero-order valence-electron chi connectivity index (χ0n) is 14.4. The molecular weight excluding hydrogens is 290 g/mol. The first-order chi connectivity index (χ1) is 11.0. The highest BCUT2D eigenvalue weighted by Crippen LogP contribution is 2.31. The van der Waals surface area contributed by atoms with Crippen LogP contribution in [0.3, 0.4) is 0 Å². The van der Waals surface area contributed by atoms with E-state index in [1.807, 2.05) is 18.3 Å². The number of aromatic nitrogens is 2. The van der Waals surface area contributed by atoms with Crippen LogP contribution in [0.5, 0.6) is 5.75 Å². The minimum atomic E-state index is 0.131. The van der Waals surface area contributed by atoms with E-state index in [2.05, 4.69) is 31.5 Å². The molecule has 0 bridgehead atoms. The van der Waals surface area contributed by atoms with Crippen LogP contribution in [-0.2, 0) is 11.3 Å². The van der Waals surface area contributed by atoms with E-state index in [4.69, 9.17) is 19.6 Å². The molecule has 0 aliphatic carbocycles. The van der Waals surface area contributed by atoms with Crippen LogP contribution < -0.4 is 4.74 Å². The molecule has 124 valence electrons. The summed E-state index contributed by atoms with van der Waals surface area (Å²) in [5, 5.41) is 5.89. The van der Waals surface area contributed by atoms with Crippen molar-refractivity contribution in [2.75, 3.05) is 20.3 Å². The van der Waals surface area contributed by atoms with Crippen LogP contribution >= 0.6 is 0 Å². The van der Waals surface area contributed by atoms with Crippen molar-refractivity contribution < 1.29 is 9.47 Å². The lowest BCUT2D eigenvalue weighted by Crippen LogP contribution is -2.33. The summed E-state index contributed by atoms with van der Waals surface area (Å²) >= 11 is 0. The first-order valence-corrected chi connectivity index (χ1v) is 8.15. The number of hydrogen-bond donors (Lipinski definition) is 0. The molecule has 1 aromatic carbocycles. The van der Waals surface area contributed by atoms with E-state index in [1.165, 1.54) is 0 Å². The lowest BCUT2D eigenvalue weighted by molar-refractivity contribution is 0.172. The summed E-state index contributed by atoms with van der Waals surface area (Å²) in [6, 6.07) is 6.32. The minimum absolute atomic E-state index is 0.131. The smallest absolute Gasteiger partial charge is 0.147 e. The van der Waals surface area contributed by atoms with E-state index in [0.717, 1.165) is 35.3 Å². The van der Waals surface area contributed by atoms with Crippen LogP contribution in [0.2, 0.25) is 0 Å². The molecule has 0 saturated heterocycles. The van der Waals surface area contributed by atoms with Crippen molar-refractivity contribution >= 4 is 17.1 Å². The zero-order chi connectivity index (χ0) is 16.4. The SMILES string of the molecule is COCCCOc1cccc2c3n(nc12)C[C@@H](C(C)(C)C)N=C3. The Balaban J connectivity index is 1.88. The molecule has 5 heteroatoms. The van der Waals surface area contributed by atoms with Crippen LogP contribution in [-0.4, -0.2) is 42.4 Å². The summed E-state index contributed by atoms with van der Waals surface area (Å²) in [7, 11) is 1.70. The maximum absolute atomic E-state index is 5.89. The van der Waals surface area contributed by atoms with Gasteiger partial charge in [-0.2, -0.15) is 5.10 Å². The van der Waals surface area contributed by atoms with Crippen molar-refractivity contribution in [3.63, 3.8) is 0 Å². The maximum atomic E-state index is 5.89. The van der Waals surface area contributed by atoms with Gasteiger partial charge in [0, 0.05) is 31.7 Å². The molecule has 0 spiro atoms. The predicted molar refractivity (Wildman–Crippen MR) is 92.6 cm³/mol. The Morgan fingerprint density at radius 2 is 2.09 bits per heavy atom. The van der Waals surface area contributed by atoms with Crippen LogP contribution in [0.25, 0.3) is 10.9 Å². The van der Waals surface area contributed by atoms with E-state index in [-0.39, 0.29) is 11.5 Å². The quantitative estimate of drug-likeness (QED) is 0.795.